The maximum absolute atomic E-state index is 11.1. The van der Waals surface area contributed by atoms with Crippen LogP contribution in [0.2, 0.25) is 0 Å². The zero-order valence-electron chi connectivity index (χ0n) is 17.1. The topological polar surface area (TPSA) is 60.4 Å². The van der Waals surface area contributed by atoms with E-state index in [1.807, 2.05) is 21.1 Å². The number of nitrogens with zero attached hydrogens (tertiary/aromatic N) is 3. The van der Waals surface area contributed by atoms with Gasteiger partial charge in [-0.25, -0.2) is 0 Å². The van der Waals surface area contributed by atoms with Crippen LogP contribution in [-0.2, 0) is 16.0 Å². The fourth-order valence-corrected chi connectivity index (χ4v) is 3.78. The summed E-state index contributed by atoms with van der Waals surface area (Å²) in [5, 5.41) is 14.6. The molecule has 0 unspecified atom stereocenters. The molecule has 152 valence electrons. The van der Waals surface area contributed by atoms with Gasteiger partial charge in [-0.05, 0) is 38.8 Å². The van der Waals surface area contributed by atoms with Crippen molar-refractivity contribution >= 4 is 5.69 Å². The number of nitrogens with one attached hydrogen (secondary N) is 1. The van der Waals surface area contributed by atoms with Gasteiger partial charge >= 0.3 is 0 Å². The Labute approximate surface area is 162 Å². The van der Waals surface area contributed by atoms with Crippen LogP contribution in [0.1, 0.15) is 5.56 Å². The van der Waals surface area contributed by atoms with Gasteiger partial charge < -0.3 is 29.7 Å². The van der Waals surface area contributed by atoms with Gasteiger partial charge in [-0.2, -0.15) is 0 Å². The third kappa shape index (κ3) is 4.80. The zero-order chi connectivity index (χ0) is 19.6. The minimum atomic E-state index is -0.538. The van der Waals surface area contributed by atoms with E-state index in [9.17, 15) is 5.11 Å². The van der Waals surface area contributed by atoms with Crippen LogP contribution < -0.4 is 10.2 Å². The van der Waals surface area contributed by atoms with Crippen molar-refractivity contribution < 1.29 is 14.6 Å². The zero-order valence-corrected chi connectivity index (χ0v) is 17.1. The summed E-state index contributed by atoms with van der Waals surface area (Å²) in [4.78, 5) is 6.37. The van der Waals surface area contributed by atoms with E-state index < -0.39 is 6.10 Å². The molecule has 0 radical (unpaired) electrons. The van der Waals surface area contributed by atoms with Gasteiger partial charge in [-0.1, -0.05) is 12.1 Å². The molecule has 0 aromatic heterocycles. The predicted molar refractivity (Wildman–Crippen MR) is 107 cm³/mol. The van der Waals surface area contributed by atoms with E-state index >= 15 is 0 Å². The van der Waals surface area contributed by atoms with Crippen molar-refractivity contribution in [1.82, 2.24) is 15.1 Å². The highest BCUT2D eigenvalue weighted by molar-refractivity contribution is 5.45. The molecule has 7 heteroatoms. The first-order valence-electron chi connectivity index (χ1n) is 9.66. The molecular weight excluding hydrogens is 344 g/mol. The van der Waals surface area contributed by atoms with Gasteiger partial charge in [0.2, 0.25) is 0 Å². The number of anilines is 1. The van der Waals surface area contributed by atoms with Gasteiger partial charge in [0.1, 0.15) is 6.10 Å². The lowest BCUT2D eigenvalue weighted by Crippen LogP contribution is -2.64. The monoisotopic (exact) mass is 378 g/mol. The van der Waals surface area contributed by atoms with Crippen molar-refractivity contribution in [2.24, 2.45) is 0 Å². The summed E-state index contributed by atoms with van der Waals surface area (Å²) in [6.45, 7) is 2.98. The van der Waals surface area contributed by atoms with Crippen LogP contribution in [0.5, 0.6) is 0 Å². The summed E-state index contributed by atoms with van der Waals surface area (Å²) in [5.74, 6) is 0. The molecule has 27 heavy (non-hydrogen) atoms. The highest BCUT2D eigenvalue weighted by Gasteiger charge is 2.51. The molecule has 2 N–H and O–H groups in total. The summed E-state index contributed by atoms with van der Waals surface area (Å²) in [6.07, 6.45) is -0.997. The first-order valence-corrected chi connectivity index (χ1v) is 9.66. The molecule has 2 aliphatic heterocycles. The van der Waals surface area contributed by atoms with Crippen molar-refractivity contribution in [3.8, 4) is 0 Å². The maximum Gasteiger partial charge on any atom is 0.176 e. The van der Waals surface area contributed by atoms with Gasteiger partial charge in [0, 0.05) is 39.4 Å². The van der Waals surface area contributed by atoms with E-state index in [-0.39, 0.29) is 24.5 Å². The van der Waals surface area contributed by atoms with Crippen LogP contribution in [0.3, 0.4) is 0 Å². The molecule has 3 rings (SSSR count). The van der Waals surface area contributed by atoms with Gasteiger partial charge in [0.15, 0.2) is 6.29 Å². The third-order valence-corrected chi connectivity index (χ3v) is 5.53. The fraction of sp³-hybridized carbons (Fsp3) is 0.700. The number of ether oxygens (including phenoxy) is 2. The van der Waals surface area contributed by atoms with E-state index in [2.05, 4.69) is 58.4 Å². The second kappa shape index (κ2) is 8.86. The second-order valence-corrected chi connectivity index (χ2v) is 8.11. The number of aliphatic hydroxyl groups excluding tert-OH is 1. The number of benzene rings is 1. The lowest BCUT2D eigenvalue weighted by Gasteiger charge is -2.43. The van der Waals surface area contributed by atoms with E-state index in [0.29, 0.717) is 13.2 Å². The van der Waals surface area contributed by atoms with Gasteiger partial charge in [0.25, 0.3) is 0 Å². The molecule has 0 saturated carbocycles. The lowest BCUT2D eigenvalue weighted by molar-refractivity contribution is -0.179. The molecule has 2 aliphatic rings. The maximum atomic E-state index is 11.1. The Bertz CT molecular complexity index is 595. The Morgan fingerprint density at radius 2 is 1.78 bits per heavy atom. The number of hydrogen-bond donors (Lipinski definition) is 2. The Kier molecular flexibility index (Phi) is 6.73. The molecule has 5 atom stereocenters. The van der Waals surface area contributed by atoms with Crippen molar-refractivity contribution in [2.45, 2.75) is 37.1 Å². The minimum Gasteiger partial charge on any atom is -0.390 e. The molecule has 2 bridgehead atoms. The van der Waals surface area contributed by atoms with Crippen molar-refractivity contribution in [3.63, 3.8) is 0 Å². The fourth-order valence-electron chi connectivity index (χ4n) is 3.78. The van der Waals surface area contributed by atoms with Crippen LogP contribution in [-0.4, -0.2) is 100 Å². The summed E-state index contributed by atoms with van der Waals surface area (Å²) >= 11 is 0. The lowest BCUT2D eigenvalue weighted by atomic mass is 9.94. The highest BCUT2D eigenvalue weighted by Crippen LogP contribution is 2.31. The summed E-state index contributed by atoms with van der Waals surface area (Å²) in [6, 6.07) is 8.14. The van der Waals surface area contributed by atoms with Crippen LogP contribution >= 0.6 is 0 Å². The van der Waals surface area contributed by atoms with Gasteiger partial charge in [0.05, 0.1) is 24.8 Å². The Balaban J connectivity index is 1.62. The first kappa shape index (κ1) is 20.5. The Hall–Kier alpha value is -1.22. The Morgan fingerprint density at radius 1 is 1.07 bits per heavy atom. The highest BCUT2D eigenvalue weighted by atomic mass is 16.7. The molecule has 2 fully saturated rings. The molecule has 0 aliphatic carbocycles. The predicted octanol–water partition coefficient (Wildman–Crippen LogP) is 0.189. The number of aliphatic hydroxyl groups is 1. The number of hydrogen-bond acceptors (Lipinski definition) is 7. The van der Waals surface area contributed by atoms with Gasteiger partial charge in [-0.3, -0.25) is 4.90 Å². The normalized spacial score (nSPS) is 30.3. The average molecular weight is 379 g/mol. The SMILES string of the molecule is CN(C)CCN(C)[C@@H]1[C@@H]2OC[C@H](O2)[C@@H](NCc2ccc(N(C)C)cc2)[C@@H]1O. The molecule has 1 aromatic carbocycles. The molecule has 1 aromatic rings. The van der Waals surface area contributed by atoms with Crippen molar-refractivity contribution in [3.05, 3.63) is 29.8 Å². The number of likely N-dealkylation sites (N-methyl/N-ethyl adjacent to an activating group) is 2. The third-order valence-electron chi connectivity index (χ3n) is 5.53. The molecular formula is C20H34N4O3. The van der Waals surface area contributed by atoms with E-state index in [0.717, 1.165) is 13.1 Å². The van der Waals surface area contributed by atoms with Crippen molar-refractivity contribution in [2.75, 3.05) is 59.8 Å². The van der Waals surface area contributed by atoms with Crippen LogP contribution in [0.4, 0.5) is 5.69 Å². The summed E-state index contributed by atoms with van der Waals surface area (Å²) in [7, 11) is 10.2. The molecule has 0 spiro atoms. The van der Waals surface area contributed by atoms with E-state index in [1.165, 1.54) is 11.3 Å². The Morgan fingerprint density at radius 3 is 2.41 bits per heavy atom. The quantitative estimate of drug-likeness (QED) is 0.670. The number of rotatable bonds is 8. The number of fused-ring (bicyclic) bond motifs is 2. The van der Waals surface area contributed by atoms with Crippen molar-refractivity contribution in [1.29, 1.82) is 0 Å². The summed E-state index contributed by atoms with van der Waals surface area (Å²) in [5.41, 5.74) is 2.36. The molecule has 0 amide bonds. The largest absolute Gasteiger partial charge is 0.390 e. The molecule has 2 heterocycles. The second-order valence-electron chi connectivity index (χ2n) is 8.11. The summed E-state index contributed by atoms with van der Waals surface area (Å²) < 4.78 is 11.9. The first-order chi connectivity index (χ1) is 12.9. The standard InChI is InChI=1S/C20H34N4O3/c1-22(2)10-11-24(5)18-19(25)17(16-13-26-20(18)27-16)21-12-14-6-8-15(9-7-14)23(3)4/h6-9,16-21,25H,10-13H2,1-5H3/t16-,17+,18-,19-,20+/m0/s1. The molecule has 2 saturated heterocycles. The van der Waals surface area contributed by atoms with E-state index in [1.54, 1.807) is 0 Å². The average Bonchev–Trinajstić information content (AvgIpc) is 3.05. The molecule has 7 nitrogen and oxygen atoms in total. The van der Waals surface area contributed by atoms with Crippen LogP contribution in [0.15, 0.2) is 24.3 Å². The van der Waals surface area contributed by atoms with Gasteiger partial charge in [-0.15, -0.1) is 0 Å². The van der Waals surface area contributed by atoms with Crippen LogP contribution in [0, 0.1) is 0 Å². The smallest absolute Gasteiger partial charge is 0.176 e. The van der Waals surface area contributed by atoms with Crippen LogP contribution in [0.25, 0.3) is 0 Å². The minimum absolute atomic E-state index is 0.107. The van der Waals surface area contributed by atoms with E-state index in [4.69, 9.17) is 9.47 Å².